The van der Waals surface area contributed by atoms with Gasteiger partial charge in [-0.2, -0.15) is 5.26 Å². The van der Waals surface area contributed by atoms with Crippen molar-refractivity contribution in [2.45, 2.75) is 38.8 Å². The van der Waals surface area contributed by atoms with Gasteiger partial charge in [0.1, 0.15) is 5.54 Å². The summed E-state index contributed by atoms with van der Waals surface area (Å²) >= 11 is 0. The Labute approximate surface area is 114 Å². The summed E-state index contributed by atoms with van der Waals surface area (Å²) in [6, 6.07) is 10.5. The molecule has 0 spiro atoms. The quantitative estimate of drug-likeness (QED) is 0.864. The molecule has 19 heavy (non-hydrogen) atoms. The van der Waals surface area contributed by atoms with E-state index in [1.54, 1.807) is 0 Å². The van der Waals surface area contributed by atoms with Gasteiger partial charge < -0.3 is 4.57 Å². The van der Waals surface area contributed by atoms with Crippen LogP contribution < -0.4 is 5.32 Å². The first kappa shape index (κ1) is 13.6. The maximum atomic E-state index is 9.21. The summed E-state index contributed by atoms with van der Waals surface area (Å²) in [6.45, 7) is 5.70. The molecule has 0 radical (unpaired) electrons. The van der Waals surface area contributed by atoms with Crippen LogP contribution in [-0.2, 0) is 6.54 Å². The standard InChI is InChI=1S/C15H20N4/c1-3-18-15(2,11-16)9-6-10-19-12-17-13-7-4-5-8-14(13)19/h4-5,7-8,12,18H,3,6,9-10H2,1-2H3. The summed E-state index contributed by atoms with van der Waals surface area (Å²) in [7, 11) is 0. The van der Waals surface area contributed by atoms with Gasteiger partial charge in [0.2, 0.25) is 0 Å². The second-order valence-corrected chi connectivity index (χ2v) is 5.00. The van der Waals surface area contributed by atoms with Crippen LogP contribution >= 0.6 is 0 Å². The fourth-order valence-corrected chi connectivity index (χ4v) is 2.37. The predicted molar refractivity (Wildman–Crippen MR) is 76.7 cm³/mol. The van der Waals surface area contributed by atoms with Crippen LogP contribution in [0.4, 0.5) is 0 Å². The molecule has 0 aliphatic rings. The number of benzene rings is 1. The molecule has 2 aromatic rings. The Morgan fingerprint density at radius 2 is 2.21 bits per heavy atom. The van der Waals surface area contributed by atoms with Crippen molar-refractivity contribution >= 4 is 11.0 Å². The number of nitriles is 1. The number of nitrogens with zero attached hydrogens (tertiary/aromatic N) is 3. The first-order valence-electron chi connectivity index (χ1n) is 6.75. The van der Waals surface area contributed by atoms with Crippen LogP contribution in [0.3, 0.4) is 0 Å². The number of fused-ring (bicyclic) bond motifs is 1. The summed E-state index contributed by atoms with van der Waals surface area (Å²) < 4.78 is 2.15. The van der Waals surface area contributed by atoms with Gasteiger partial charge in [0.25, 0.3) is 0 Å². The van der Waals surface area contributed by atoms with Crippen molar-refractivity contribution in [1.82, 2.24) is 14.9 Å². The Balaban J connectivity index is 1.98. The Bertz CT molecular complexity index is 581. The van der Waals surface area contributed by atoms with E-state index in [2.05, 4.69) is 27.0 Å². The van der Waals surface area contributed by atoms with Gasteiger partial charge in [0.05, 0.1) is 23.4 Å². The van der Waals surface area contributed by atoms with Gasteiger partial charge in [-0.05, 0) is 38.4 Å². The third-order valence-electron chi connectivity index (χ3n) is 3.42. The first-order chi connectivity index (χ1) is 9.18. The van der Waals surface area contributed by atoms with Crippen molar-refractivity contribution < 1.29 is 0 Å². The molecule has 0 aliphatic heterocycles. The smallest absolute Gasteiger partial charge is 0.103 e. The third kappa shape index (κ3) is 3.12. The molecular formula is C15H20N4. The number of imidazole rings is 1. The van der Waals surface area contributed by atoms with E-state index in [0.29, 0.717) is 0 Å². The van der Waals surface area contributed by atoms with Crippen LogP contribution in [0.5, 0.6) is 0 Å². The molecule has 1 heterocycles. The van der Waals surface area contributed by atoms with E-state index in [1.807, 2.05) is 38.4 Å². The minimum atomic E-state index is -0.425. The normalized spacial score (nSPS) is 14.2. The maximum Gasteiger partial charge on any atom is 0.103 e. The van der Waals surface area contributed by atoms with Crippen LogP contribution in [0, 0.1) is 11.3 Å². The highest BCUT2D eigenvalue weighted by Gasteiger charge is 2.21. The van der Waals surface area contributed by atoms with E-state index in [1.165, 1.54) is 0 Å². The van der Waals surface area contributed by atoms with E-state index in [-0.39, 0.29) is 0 Å². The molecule has 1 aromatic heterocycles. The molecule has 1 unspecified atom stereocenters. The van der Waals surface area contributed by atoms with Gasteiger partial charge >= 0.3 is 0 Å². The lowest BCUT2D eigenvalue weighted by Crippen LogP contribution is -2.40. The van der Waals surface area contributed by atoms with Gasteiger partial charge in [-0.15, -0.1) is 0 Å². The van der Waals surface area contributed by atoms with E-state index < -0.39 is 5.54 Å². The molecule has 100 valence electrons. The molecule has 0 amide bonds. The number of aromatic nitrogens is 2. The number of hydrogen-bond acceptors (Lipinski definition) is 3. The Hall–Kier alpha value is -1.86. The lowest BCUT2D eigenvalue weighted by atomic mass is 9.97. The SMILES string of the molecule is CCNC(C)(C#N)CCCn1cnc2ccccc21. The number of nitrogens with one attached hydrogen (secondary N) is 1. The first-order valence-corrected chi connectivity index (χ1v) is 6.75. The fourth-order valence-electron chi connectivity index (χ4n) is 2.37. The molecule has 4 heteroatoms. The maximum absolute atomic E-state index is 9.21. The lowest BCUT2D eigenvalue weighted by Gasteiger charge is -2.22. The average Bonchev–Trinajstić information content (AvgIpc) is 2.83. The van der Waals surface area contributed by atoms with Crippen molar-refractivity contribution in [3.63, 3.8) is 0 Å². The number of hydrogen-bond donors (Lipinski definition) is 1. The summed E-state index contributed by atoms with van der Waals surface area (Å²) in [6.07, 6.45) is 3.67. The van der Waals surface area contributed by atoms with Crippen molar-refractivity contribution in [1.29, 1.82) is 5.26 Å². The molecule has 0 bridgehead atoms. The van der Waals surface area contributed by atoms with Crippen LogP contribution in [0.1, 0.15) is 26.7 Å². The Kier molecular flexibility index (Phi) is 4.18. The van der Waals surface area contributed by atoms with E-state index in [0.717, 1.165) is 37.0 Å². The largest absolute Gasteiger partial charge is 0.331 e. The highest BCUT2D eigenvalue weighted by atomic mass is 15.0. The summed E-state index contributed by atoms with van der Waals surface area (Å²) in [5.41, 5.74) is 1.76. The lowest BCUT2D eigenvalue weighted by molar-refractivity contribution is 0.404. The topological polar surface area (TPSA) is 53.6 Å². The minimum absolute atomic E-state index is 0.425. The summed E-state index contributed by atoms with van der Waals surface area (Å²) in [5.74, 6) is 0. The van der Waals surface area contributed by atoms with Gasteiger partial charge in [0.15, 0.2) is 0 Å². The second kappa shape index (κ2) is 5.85. The van der Waals surface area contributed by atoms with E-state index in [4.69, 9.17) is 0 Å². The van der Waals surface area contributed by atoms with E-state index >= 15 is 0 Å². The highest BCUT2D eigenvalue weighted by molar-refractivity contribution is 5.74. The molecule has 0 saturated carbocycles. The predicted octanol–water partition coefficient (Wildman–Crippen LogP) is 2.71. The number of rotatable bonds is 6. The Morgan fingerprint density at radius 1 is 1.42 bits per heavy atom. The molecule has 4 nitrogen and oxygen atoms in total. The van der Waals surface area contributed by atoms with Crippen LogP contribution in [0.25, 0.3) is 11.0 Å². The minimum Gasteiger partial charge on any atom is -0.331 e. The highest BCUT2D eigenvalue weighted by Crippen LogP contribution is 2.15. The van der Waals surface area contributed by atoms with Crippen LogP contribution in [0.15, 0.2) is 30.6 Å². The van der Waals surface area contributed by atoms with Gasteiger partial charge in [0, 0.05) is 6.54 Å². The second-order valence-electron chi connectivity index (χ2n) is 5.00. The number of aryl methyl sites for hydroxylation is 1. The summed E-state index contributed by atoms with van der Waals surface area (Å²) in [4.78, 5) is 4.37. The van der Waals surface area contributed by atoms with Crippen molar-refractivity contribution in [3.05, 3.63) is 30.6 Å². The molecule has 0 fully saturated rings. The van der Waals surface area contributed by atoms with E-state index in [9.17, 15) is 5.26 Å². The fraction of sp³-hybridized carbons (Fsp3) is 0.467. The zero-order valence-corrected chi connectivity index (χ0v) is 11.6. The van der Waals surface area contributed by atoms with Gasteiger partial charge in [-0.3, -0.25) is 5.32 Å². The van der Waals surface area contributed by atoms with Crippen LogP contribution in [-0.4, -0.2) is 21.6 Å². The molecule has 1 aromatic carbocycles. The summed E-state index contributed by atoms with van der Waals surface area (Å²) in [5, 5.41) is 12.5. The zero-order valence-electron chi connectivity index (χ0n) is 11.6. The molecule has 0 saturated heterocycles. The third-order valence-corrected chi connectivity index (χ3v) is 3.42. The molecule has 1 N–H and O–H groups in total. The molecular weight excluding hydrogens is 236 g/mol. The zero-order chi connectivity index (χ0) is 13.7. The van der Waals surface area contributed by atoms with Crippen LogP contribution in [0.2, 0.25) is 0 Å². The van der Waals surface area contributed by atoms with Gasteiger partial charge in [-0.1, -0.05) is 19.1 Å². The van der Waals surface area contributed by atoms with Crippen molar-refractivity contribution in [2.75, 3.05) is 6.54 Å². The van der Waals surface area contributed by atoms with Crippen molar-refractivity contribution in [3.8, 4) is 6.07 Å². The monoisotopic (exact) mass is 256 g/mol. The Morgan fingerprint density at radius 3 is 2.95 bits per heavy atom. The molecule has 1 atom stereocenters. The molecule has 2 rings (SSSR count). The molecule has 0 aliphatic carbocycles. The number of para-hydroxylation sites is 2. The van der Waals surface area contributed by atoms with Gasteiger partial charge in [-0.25, -0.2) is 4.98 Å². The van der Waals surface area contributed by atoms with Crippen molar-refractivity contribution in [2.24, 2.45) is 0 Å². The average molecular weight is 256 g/mol.